The monoisotopic (exact) mass is 265 g/mol. The number of hydrogen-bond donors (Lipinski definition) is 1. The summed E-state index contributed by atoms with van der Waals surface area (Å²) in [5, 5.41) is 0. The van der Waals surface area contributed by atoms with E-state index in [1.165, 1.54) is 4.57 Å². The summed E-state index contributed by atoms with van der Waals surface area (Å²) in [7, 11) is 0. The molecule has 5 heteroatoms. The number of nitrogen functional groups attached to an aromatic ring is 1. The maximum atomic E-state index is 11.8. The molecule has 2 N–H and O–H groups in total. The van der Waals surface area contributed by atoms with E-state index in [1.54, 1.807) is 12.3 Å². The van der Waals surface area contributed by atoms with E-state index in [9.17, 15) is 4.79 Å². The lowest BCUT2D eigenvalue weighted by molar-refractivity contribution is -0.0193. The molecule has 1 fully saturated rings. The molecule has 2 rings (SSSR count). The number of nitrogens with zero attached hydrogens (tertiary/aromatic N) is 2. The molecule has 2 atom stereocenters. The van der Waals surface area contributed by atoms with Crippen molar-refractivity contribution in [1.82, 2.24) is 9.55 Å². The first-order chi connectivity index (χ1) is 8.91. The lowest BCUT2D eigenvalue weighted by atomic mass is 9.83. The Balaban J connectivity index is 2.04. The number of aromatic nitrogens is 2. The second-order valence-corrected chi connectivity index (χ2v) is 6.05. The molecule has 19 heavy (non-hydrogen) atoms. The van der Waals surface area contributed by atoms with Gasteiger partial charge in [0.05, 0.1) is 6.10 Å². The Labute approximate surface area is 113 Å². The molecule has 1 aliphatic heterocycles. The summed E-state index contributed by atoms with van der Waals surface area (Å²) < 4.78 is 7.53. The molecule has 1 aromatic rings. The number of anilines is 1. The predicted octanol–water partition coefficient (Wildman–Crippen LogP) is 2.33. The zero-order chi connectivity index (χ0) is 14.0. The van der Waals surface area contributed by atoms with Crippen LogP contribution in [0.25, 0.3) is 0 Å². The quantitative estimate of drug-likeness (QED) is 0.907. The van der Waals surface area contributed by atoms with Gasteiger partial charge < -0.3 is 10.5 Å². The van der Waals surface area contributed by atoms with Gasteiger partial charge in [-0.25, -0.2) is 4.79 Å². The van der Waals surface area contributed by atoms with Crippen molar-refractivity contribution in [2.75, 3.05) is 5.73 Å². The van der Waals surface area contributed by atoms with Crippen molar-refractivity contribution in [1.29, 1.82) is 0 Å². The third-order valence-corrected chi connectivity index (χ3v) is 3.98. The molecule has 0 aliphatic carbocycles. The summed E-state index contributed by atoms with van der Waals surface area (Å²) in [6.07, 6.45) is 5.70. The van der Waals surface area contributed by atoms with Gasteiger partial charge in [0.15, 0.2) is 0 Å². The van der Waals surface area contributed by atoms with E-state index >= 15 is 0 Å². The maximum absolute atomic E-state index is 11.8. The summed E-state index contributed by atoms with van der Waals surface area (Å²) >= 11 is 0. The molecule has 1 aliphatic rings. The van der Waals surface area contributed by atoms with Gasteiger partial charge in [-0.1, -0.05) is 27.2 Å². The van der Waals surface area contributed by atoms with Crippen LogP contribution < -0.4 is 11.4 Å². The molecule has 1 unspecified atom stereocenters. The number of hydrogen-bond acceptors (Lipinski definition) is 4. The number of rotatable bonds is 4. The summed E-state index contributed by atoms with van der Waals surface area (Å²) in [4.78, 5) is 15.5. The van der Waals surface area contributed by atoms with Crippen LogP contribution in [0.3, 0.4) is 0 Å². The lowest BCUT2D eigenvalue weighted by Gasteiger charge is -2.26. The normalized spacial score (nSPS) is 23.7. The molecule has 1 saturated heterocycles. The molecular formula is C14H23N3O2. The van der Waals surface area contributed by atoms with E-state index in [0.29, 0.717) is 0 Å². The minimum absolute atomic E-state index is 0.196. The summed E-state index contributed by atoms with van der Waals surface area (Å²) in [5.74, 6) is 0.253. The fourth-order valence-electron chi connectivity index (χ4n) is 2.45. The minimum Gasteiger partial charge on any atom is -0.383 e. The topological polar surface area (TPSA) is 70.1 Å². The number of nitrogens with two attached hydrogens (primary N) is 1. The average molecular weight is 265 g/mol. The van der Waals surface area contributed by atoms with Crippen LogP contribution in [0.15, 0.2) is 17.1 Å². The lowest BCUT2D eigenvalue weighted by Crippen LogP contribution is -2.28. The second kappa shape index (κ2) is 5.33. The smallest absolute Gasteiger partial charge is 0.351 e. The van der Waals surface area contributed by atoms with E-state index in [1.807, 2.05) is 0 Å². The molecule has 0 saturated carbocycles. The molecule has 1 aromatic heterocycles. The second-order valence-electron chi connectivity index (χ2n) is 6.05. The zero-order valence-electron chi connectivity index (χ0n) is 11.9. The van der Waals surface area contributed by atoms with Crippen molar-refractivity contribution in [2.45, 2.75) is 58.8 Å². The van der Waals surface area contributed by atoms with Gasteiger partial charge in [0.25, 0.3) is 0 Å². The Morgan fingerprint density at radius 2 is 2.26 bits per heavy atom. The van der Waals surface area contributed by atoms with Crippen LogP contribution in [-0.4, -0.2) is 15.7 Å². The van der Waals surface area contributed by atoms with E-state index in [2.05, 4.69) is 25.8 Å². The first-order valence-electron chi connectivity index (χ1n) is 6.91. The highest BCUT2D eigenvalue weighted by atomic mass is 16.5. The van der Waals surface area contributed by atoms with E-state index in [4.69, 9.17) is 10.5 Å². The van der Waals surface area contributed by atoms with Gasteiger partial charge >= 0.3 is 5.69 Å². The summed E-state index contributed by atoms with van der Waals surface area (Å²) in [5.41, 5.74) is 5.44. The van der Waals surface area contributed by atoms with E-state index in [0.717, 1.165) is 25.7 Å². The molecular weight excluding hydrogens is 242 g/mol. The van der Waals surface area contributed by atoms with Gasteiger partial charge in [0.1, 0.15) is 12.0 Å². The largest absolute Gasteiger partial charge is 0.383 e. The molecule has 0 spiro atoms. The molecule has 0 amide bonds. The van der Waals surface area contributed by atoms with Crippen LogP contribution in [0, 0.1) is 5.41 Å². The van der Waals surface area contributed by atoms with Gasteiger partial charge in [-0.2, -0.15) is 4.98 Å². The first kappa shape index (κ1) is 14.1. The molecule has 0 bridgehead atoms. The van der Waals surface area contributed by atoms with Crippen molar-refractivity contribution < 1.29 is 4.74 Å². The SMILES string of the molecule is CCC(C)(C)CC1CC[C@H](n2ccc(N)nc2=O)O1. The van der Waals surface area contributed by atoms with Gasteiger partial charge in [0.2, 0.25) is 0 Å². The fraction of sp³-hybridized carbons (Fsp3) is 0.714. The fourth-order valence-corrected chi connectivity index (χ4v) is 2.45. The van der Waals surface area contributed by atoms with Gasteiger partial charge in [-0.15, -0.1) is 0 Å². The molecule has 5 nitrogen and oxygen atoms in total. The molecule has 106 valence electrons. The Bertz CT molecular complexity index is 496. The Morgan fingerprint density at radius 3 is 2.89 bits per heavy atom. The standard InChI is InChI=1S/C14H23N3O2/c1-4-14(2,3)9-10-5-6-12(19-10)17-8-7-11(15)16-13(17)18/h7-8,10,12H,4-6,9H2,1-3H3,(H2,15,16,18)/t10?,12-/m1/s1. The van der Waals surface area contributed by atoms with Gasteiger partial charge in [-0.3, -0.25) is 4.57 Å². The highest BCUT2D eigenvalue weighted by molar-refractivity contribution is 5.23. The van der Waals surface area contributed by atoms with E-state index in [-0.39, 0.29) is 29.3 Å². The van der Waals surface area contributed by atoms with E-state index < -0.39 is 0 Å². The van der Waals surface area contributed by atoms with Crippen LogP contribution in [0.1, 0.15) is 52.7 Å². The Hall–Kier alpha value is -1.36. The molecule has 0 aromatic carbocycles. The van der Waals surface area contributed by atoms with Crippen LogP contribution in [0.4, 0.5) is 5.82 Å². The van der Waals surface area contributed by atoms with Crippen LogP contribution in [-0.2, 0) is 4.74 Å². The van der Waals surface area contributed by atoms with Crippen molar-refractivity contribution in [3.8, 4) is 0 Å². The summed E-state index contributed by atoms with van der Waals surface area (Å²) in [6, 6.07) is 1.63. The van der Waals surface area contributed by atoms with Crippen LogP contribution in [0.5, 0.6) is 0 Å². The van der Waals surface area contributed by atoms with Gasteiger partial charge in [-0.05, 0) is 30.7 Å². The molecule has 0 radical (unpaired) electrons. The summed E-state index contributed by atoms with van der Waals surface area (Å²) in [6.45, 7) is 6.70. The highest BCUT2D eigenvalue weighted by Crippen LogP contribution is 2.36. The third-order valence-electron chi connectivity index (χ3n) is 3.98. The zero-order valence-corrected chi connectivity index (χ0v) is 11.9. The van der Waals surface area contributed by atoms with Crippen molar-refractivity contribution in [3.05, 3.63) is 22.7 Å². The van der Waals surface area contributed by atoms with Crippen molar-refractivity contribution >= 4 is 5.82 Å². The maximum Gasteiger partial charge on any atom is 0.351 e. The third kappa shape index (κ3) is 3.35. The number of ether oxygens (including phenoxy) is 1. The predicted molar refractivity (Wildman–Crippen MR) is 74.7 cm³/mol. The minimum atomic E-state index is -0.333. The molecule has 2 heterocycles. The highest BCUT2D eigenvalue weighted by Gasteiger charge is 2.31. The van der Waals surface area contributed by atoms with Gasteiger partial charge in [0, 0.05) is 6.20 Å². The van der Waals surface area contributed by atoms with Crippen molar-refractivity contribution in [3.63, 3.8) is 0 Å². The van der Waals surface area contributed by atoms with Crippen molar-refractivity contribution in [2.24, 2.45) is 5.41 Å². The van der Waals surface area contributed by atoms with Crippen LogP contribution >= 0.6 is 0 Å². The Kier molecular flexibility index (Phi) is 3.94. The first-order valence-corrected chi connectivity index (χ1v) is 6.91. The van der Waals surface area contributed by atoms with Crippen LogP contribution in [0.2, 0.25) is 0 Å². The Morgan fingerprint density at radius 1 is 1.53 bits per heavy atom. The average Bonchev–Trinajstić information content (AvgIpc) is 2.76.